The SMILES string of the molecule is CC1(Cc2ccc(C(=O)NCCCN3C(=O)C=CC3=O)cc2)C#CCCCCC1.CC1(Cc2ccc(C(=O)NCCCN3C(=O)CC(SCCN)C3=O)cc2)C#CCCCCC1.CC1(Cc2ccc(C(=O)O)cc2)C#CCCCCC1.O=C1C=CC(=O)N1CCCNC(=O)C(F)(F)F. The lowest BCUT2D eigenvalue weighted by molar-refractivity contribution is -0.173. The van der Waals surface area contributed by atoms with E-state index < -0.39 is 29.9 Å². The van der Waals surface area contributed by atoms with Crippen LogP contribution in [-0.4, -0.2) is 142 Å². The monoisotopic (exact) mass is 1370 g/mol. The van der Waals surface area contributed by atoms with Crippen LogP contribution in [-0.2, 0) is 52.8 Å². The van der Waals surface area contributed by atoms with Crippen molar-refractivity contribution in [2.75, 3.05) is 51.6 Å². The van der Waals surface area contributed by atoms with Crippen LogP contribution in [0.1, 0.15) is 191 Å². The molecule has 4 atom stereocenters. The van der Waals surface area contributed by atoms with E-state index in [0.717, 1.165) is 74.8 Å². The zero-order chi connectivity index (χ0) is 71.1. The molecule has 3 heterocycles. The van der Waals surface area contributed by atoms with Gasteiger partial charge >= 0.3 is 18.1 Å². The zero-order valence-electron chi connectivity index (χ0n) is 56.5. The minimum atomic E-state index is -4.92. The molecule has 3 aromatic rings. The van der Waals surface area contributed by atoms with E-state index in [2.05, 4.69) is 66.9 Å². The molecule has 0 radical (unpaired) electrons. The summed E-state index contributed by atoms with van der Waals surface area (Å²) in [5.41, 5.74) is 10.6. The highest BCUT2D eigenvalue weighted by atomic mass is 32.2. The molecule has 0 saturated carbocycles. The molecule has 0 aromatic heterocycles. The molecule has 4 unspecified atom stereocenters. The Balaban J connectivity index is 0.000000213. The summed E-state index contributed by atoms with van der Waals surface area (Å²) in [6, 6.07) is 22.6. The minimum absolute atomic E-state index is 0.00347. The van der Waals surface area contributed by atoms with E-state index in [0.29, 0.717) is 68.0 Å². The molecule has 9 rings (SSSR count). The molecule has 18 nitrogen and oxygen atoms in total. The highest BCUT2D eigenvalue weighted by molar-refractivity contribution is 8.00. The van der Waals surface area contributed by atoms with E-state index in [-0.39, 0.29) is 82.9 Å². The third-order valence-corrected chi connectivity index (χ3v) is 18.6. The molecule has 1 fully saturated rings. The normalized spacial score (nSPS) is 21.2. The van der Waals surface area contributed by atoms with Crippen molar-refractivity contribution in [3.63, 3.8) is 0 Å². The number of rotatable bonds is 24. The second-order valence-corrected chi connectivity index (χ2v) is 27.4. The Bertz CT molecular complexity index is 3530. The number of carbonyl (C=O) groups is 10. The molecule has 6 N–H and O–H groups in total. The second kappa shape index (κ2) is 39.0. The molecule has 3 aromatic carbocycles. The predicted octanol–water partition coefficient (Wildman–Crippen LogP) is 10.3. The minimum Gasteiger partial charge on any atom is -0.478 e. The van der Waals surface area contributed by atoms with E-state index in [1.165, 1.54) is 108 Å². The number of amides is 9. The van der Waals surface area contributed by atoms with Crippen molar-refractivity contribution in [1.29, 1.82) is 0 Å². The number of carboxylic acid groups (broad SMARTS) is 1. The summed E-state index contributed by atoms with van der Waals surface area (Å²) >= 11 is 1.44. The number of alkyl halides is 3. The first-order valence-electron chi connectivity index (χ1n) is 33.9. The molecule has 98 heavy (non-hydrogen) atoms. The maximum absolute atomic E-state index is 12.5. The van der Waals surface area contributed by atoms with Crippen LogP contribution in [0.3, 0.4) is 0 Å². The maximum atomic E-state index is 12.5. The molecule has 22 heteroatoms. The van der Waals surface area contributed by atoms with Gasteiger partial charge in [0.05, 0.1) is 10.8 Å². The number of likely N-dealkylation sites (tertiary alicyclic amines) is 1. The van der Waals surface area contributed by atoms with Gasteiger partial charge in [-0.15, -0.1) is 29.5 Å². The van der Waals surface area contributed by atoms with E-state index in [1.54, 1.807) is 17.4 Å². The average Bonchev–Trinajstić information content (AvgIpc) is 1.71. The van der Waals surface area contributed by atoms with Crippen molar-refractivity contribution in [3.05, 3.63) is 130 Å². The lowest BCUT2D eigenvalue weighted by Crippen LogP contribution is -2.39. The van der Waals surface area contributed by atoms with Crippen molar-refractivity contribution < 1.29 is 66.2 Å². The number of carbonyl (C=O) groups excluding carboxylic acids is 9. The molecule has 0 spiro atoms. The van der Waals surface area contributed by atoms with E-state index >= 15 is 0 Å². The number of hydrogen-bond acceptors (Lipinski definition) is 12. The molecule has 0 bridgehead atoms. The van der Waals surface area contributed by atoms with Gasteiger partial charge in [-0.1, -0.05) is 92.7 Å². The van der Waals surface area contributed by atoms with Gasteiger partial charge < -0.3 is 26.8 Å². The van der Waals surface area contributed by atoms with Gasteiger partial charge in [-0.05, 0) is 151 Å². The molecule has 3 aliphatic heterocycles. The second-order valence-electron chi connectivity index (χ2n) is 26.1. The first-order chi connectivity index (χ1) is 46.8. The van der Waals surface area contributed by atoms with E-state index in [9.17, 15) is 61.1 Å². The molecule has 3 aliphatic carbocycles. The van der Waals surface area contributed by atoms with Crippen molar-refractivity contribution in [2.24, 2.45) is 22.0 Å². The number of nitrogens with zero attached hydrogens (tertiary/aromatic N) is 3. The molecule has 1 saturated heterocycles. The molecule has 6 aliphatic rings. The Kier molecular flexibility index (Phi) is 31.1. The van der Waals surface area contributed by atoms with Crippen molar-refractivity contribution in [1.82, 2.24) is 30.7 Å². The Morgan fingerprint density at radius 3 is 1.21 bits per heavy atom. The molecule has 9 amide bonds. The summed E-state index contributed by atoms with van der Waals surface area (Å²) in [5.74, 6) is 15.9. The summed E-state index contributed by atoms with van der Waals surface area (Å²) in [5, 5.41) is 16.0. The van der Waals surface area contributed by atoms with Gasteiger partial charge in [0, 0.05) is 129 Å². The standard InChI is InChI=1S/C26H35N3O3S.C24H28N2O3.C17H20O2.C9H9F3N2O3/c1-26(12-5-3-2-4-6-13-26)19-20-8-10-21(11-9-20)24(31)28-15-7-16-29-23(30)18-22(25(29)32)33-17-14-27;1-24(14-5-3-2-4-6-15-24)18-19-8-10-20(11-9-19)23(29)25-16-7-17-26-21(27)12-13-22(26)28;1-17(11-5-3-2-4-6-12-17)13-14-7-9-15(10-8-14)16(18)19;10-9(11,12)8(17)13-4-1-5-14-6(15)2-3-7(14)16/h8-11,22H,2-5,7,12,14-19,27H2,1H3,(H,28,31);8-13H,2-5,7,14,16-18H2,1H3,(H,25,29);7-10H,2-5,11,13H2,1H3,(H,18,19);2-3H,1,4-5H2,(H,13,17). The smallest absolute Gasteiger partial charge is 0.471 e. The number of carboxylic acids is 1. The number of nitrogens with two attached hydrogens (primary N) is 1. The largest absolute Gasteiger partial charge is 0.478 e. The first-order valence-corrected chi connectivity index (χ1v) is 35.0. The van der Waals surface area contributed by atoms with Crippen LogP contribution in [0.2, 0.25) is 0 Å². The summed E-state index contributed by atoms with van der Waals surface area (Å²) < 4.78 is 35.3. The van der Waals surface area contributed by atoms with Crippen LogP contribution in [0.4, 0.5) is 13.2 Å². The molecular weight excluding hydrogens is 1280 g/mol. The third kappa shape index (κ3) is 26.2. The van der Waals surface area contributed by atoms with Crippen LogP contribution in [0.25, 0.3) is 0 Å². The van der Waals surface area contributed by atoms with Gasteiger partial charge in [-0.2, -0.15) is 13.2 Å². The van der Waals surface area contributed by atoms with Crippen LogP contribution in [0.15, 0.2) is 97.1 Å². The van der Waals surface area contributed by atoms with Crippen molar-refractivity contribution in [2.45, 2.75) is 173 Å². The predicted molar refractivity (Wildman–Crippen MR) is 370 cm³/mol. The molecular formula is C76H92F3N7O11S. The van der Waals surface area contributed by atoms with Gasteiger partial charge in [0.25, 0.3) is 35.4 Å². The summed E-state index contributed by atoms with van der Waals surface area (Å²) in [7, 11) is 0. The third-order valence-electron chi connectivity index (χ3n) is 17.4. The molecule has 524 valence electrons. The quantitative estimate of drug-likeness (QED) is 0.0318. The number of aromatic carboxylic acids is 1. The average molecular weight is 1370 g/mol. The fraction of sp³-hybridized carbons (Fsp3) is 0.500. The van der Waals surface area contributed by atoms with Gasteiger partial charge in [0.15, 0.2) is 0 Å². The zero-order valence-corrected chi connectivity index (χ0v) is 57.3. The fourth-order valence-corrected chi connectivity index (χ4v) is 12.9. The lowest BCUT2D eigenvalue weighted by atomic mass is 9.78. The van der Waals surface area contributed by atoms with Gasteiger partial charge in [-0.3, -0.25) is 57.9 Å². The topological polar surface area (TPSA) is 263 Å². The van der Waals surface area contributed by atoms with Gasteiger partial charge in [0.2, 0.25) is 11.8 Å². The Morgan fingerprint density at radius 1 is 0.520 bits per heavy atom. The summed E-state index contributed by atoms with van der Waals surface area (Å²) in [4.78, 5) is 119. The maximum Gasteiger partial charge on any atom is 0.471 e. The van der Waals surface area contributed by atoms with Crippen LogP contribution < -0.4 is 21.7 Å². The van der Waals surface area contributed by atoms with Crippen molar-refractivity contribution in [3.8, 4) is 35.5 Å². The van der Waals surface area contributed by atoms with Gasteiger partial charge in [-0.25, -0.2) is 4.79 Å². The van der Waals surface area contributed by atoms with E-state index in [1.807, 2.05) is 60.7 Å². The number of halogens is 3. The van der Waals surface area contributed by atoms with Gasteiger partial charge in [0.1, 0.15) is 0 Å². The fourth-order valence-electron chi connectivity index (χ4n) is 11.9. The van der Waals surface area contributed by atoms with Crippen LogP contribution >= 0.6 is 11.8 Å². The number of thioether (sulfide) groups is 1. The first kappa shape index (κ1) is 78.2. The summed E-state index contributed by atoms with van der Waals surface area (Å²) in [6.07, 6.45) is 21.2. The lowest BCUT2D eigenvalue weighted by Gasteiger charge is -2.25. The Labute approximate surface area is 578 Å². The highest BCUT2D eigenvalue weighted by Gasteiger charge is 2.39. The Hall–Kier alpha value is -8.78. The van der Waals surface area contributed by atoms with Crippen LogP contribution in [0, 0.1) is 51.8 Å². The summed E-state index contributed by atoms with van der Waals surface area (Å²) in [6.45, 7) is 8.35. The number of benzene rings is 3. The van der Waals surface area contributed by atoms with E-state index in [4.69, 9.17) is 10.8 Å². The number of hydrogen-bond donors (Lipinski definition) is 5. The van der Waals surface area contributed by atoms with Crippen LogP contribution in [0.5, 0.6) is 0 Å². The number of imide groups is 3. The Morgan fingerprint density at radius 2 is 0.867 bits per heavy atom. The van der Waals surface area contributed by atoms with Crippen molar-refractivity contribution >= 4 is 70.9 Å². The highest BCUT2D eigenvalue weighted by Crippen LogP contribution is 2.33. The number of nitrogens with one attached hydrogen (secondary N) is 3.